The van der Waals surface area contributed by atoms with Crippen LogP contribution in [0.1, 0.15) is 39.0 Å². The fourth-order valence-electron chi connectivity index (χ4n) is 2.26. The molecule has 2 rings (SSSR count). The molecule has 0 fully saturated rings. The average Bonchev–Trinajstić information content (AvgIpc) is 2.95. The summed E-state index contributed by atoms with van der Waals surface area (Å²) in [5.74, 6) is 0.0382. The molecule has 120 valence electrons. The van der Waals surface area contributed by atoms with Crippen molar-refractivity contribution in [2.24, 2.45) is 0 Å². The molecule has 0 spiro atoms. The first-order valence-corrected chi connectivity index (χ1v) is 8.89. The molecule has 0 aromatic carbocycles. The van der Waals surface area contributed by atoms with E-state index in [-0.39, 0.29) is 11.5 Å². The largest absolute Gasteiger partial charge is 0.356 e. The number of H-pyrrole nitrogens is 1. The van der Waals surface area contributed by atoms with Gasteiger partial charge in [-0.2, -0.15) is 0 Å². The van der Waals surface area contributed by atoms with Crippen LogP contribution in [-0.2, 0) is 11.3 Å². The first-order valence-electron chi connectivity index (χ1n) is 7.60. The van der Waals surface area contributed by atoms with Gasteiger partial charge in [-0.1, -0.05) is 19.8 Å². The summed E-state index contributed by atoms with van der Waals surface area (Å²) in [5.41, 5.74) is 0.710. The van der Waals surface area contributed by atoms with E-state index < -0.39 is 0 Å². The van der Waals surface area contributed by atoms with E-state index >= 15 is 0 Å². The van der Waals surface area contributed by atoms with Crippen molar-refractivity contribution in [3.05, 3.63) is 26.6 Å². The summed E-state index contributed by atoms with van der Waals surface area (Å²) in [6.07, 6.45) is 4.31. The van der Waals surface area contributed by atoms with Gasteiger partial charge in [-0.25, -0.2) is 0 Å². The lowest BCUT2D eigenvalue weighted by Gasteiger charge is -2.07. The molecule has 2 aromatic rings. The van der Waals surface area contributed by atoms with Gasteiger partial charge in [-0.05, 0) is 36.5 Å². The highest BCUT2D eigenvalue weighted by atomic mass is 32.1. The van der Waals surface area contributed by atoms with Crippen molar-refractivity contribution in [1.82, 2.24) is 14.9 Å². The molecule has 7 heteroatoms. The number of nitrogens with zero attached hydrogens (tertiary/aromatic N) is 1. The molecule has 0 bridgehead atoms. The lowest BCUT2D eigenvalue weighted by molar-refractivity contribution is -0.121. The fourth-order valence-corrected chi connectivity index (χ4v) is 3.34. The van der Waals surface area contributed by atoms with Gasteiger partial charge in [0.2, 0.25) is 5.91 Å². The second-order valence-electron chi connectivity index (χ2n) is 5.21. The highest BCUT2D eigenvalue weighted by Crippen LogP contribution is 2.14. The molecule has 0 atom stereocenters. The molecule has 0 aliphatic carbocycles. The number of hydrogen-bond donors (Lipinski definition) is 2. The van der Waals surface area contributed by atoms with Crippen molar-refractivity contribution in [2.75, 3.05) is 6.54 Å². The number of carbonyl (C=O) groups is 1. The van der Waals surface area contributed by atoms with Crippen molar-refractivity contribution in [1.29, 1.82) is 0 Å². The van der Waals surface area contributed by atoms with Crippen LogP contribution in [0, 0.1) is 4.77 Å². The molecule has 0 aliphatic rings. The van der Waals surface area contributed by atoms with Crippen LogP contribution in [0.5, 0.6) is 0 Å². The van der Waals surface area contributed by atoms with Crippen LogP contribution in [-0.4, -0.2) is 22.0 Å². The minimum atomic E-state index is -0.0721. The number of fused-ring (bicyclic) bond motifs is 1. The number of unbranched alkanes of at least 4 members (excludes halogenated alkanes) is 2. The van der Waals surface area contributed by atoms with Crippen molar-refractivity contribution in [3.63, 3.8) is 0 Å². The Morgan fingerprint density at radius 2 is 2.23 bits per heavy atom. The zero-order valence-corrected chi connectivity index (χ0v) is 14.3. The Bertz CT molecular complexity index is 745. The molecule has 2 aromatic heterocycles. The lowest BCUT2D eigenvalue weighted by atomic mass is 10.2. The van der Waals surface area contributed by atoms with E-state index in [0.717, 1.165) is 31.3 Å². The van der Waals surface area contributed by atoms with Crippen molar-refractivity contribution in [2.45, 2.75) is 45.6 Å². The maximum absolute atomic E-state index is 12.3. The number of aromatic amines is 1. The van der Waals surface area contributed by atoms with Gasteiger partial charge in [-0.3, -0.25) is 14.2 Å². The van der Waals surface area contributed by atoms with E-state index in [0.29, 0.717) is 28.9 Å². The number of hydrogen-bond acceptors (Lipinski definition) is 4. The zero-order chi connectivity index (χ0) is 15.9. The summed E-state index contributed by atoms with van der Waals surface area (Å²) in [6.45, 7) is 3.33. The van der Waals surface area contributed by atoms with E-state index in [1.54, 1.807) is 4.57 Å². The van der Waals surface area contributed by atoms with E-state index in [1.807, 2.05) is 11.4 Å². The lowest BCUT2D eigenvalue weighted by Crippen LogP contribution is -2.26. The number of nitrogens with one attached hydrogen (secondary N) is 2. The number of aromatic nitrogens is 2. The molecular formula is C15H21N3O2S2. The molecule has 2 N–H and O–H groups in total. The van der Waals surface area contributed by atoms with Gasteiger partial charge in [0.1, 0.15) is 4.70 Å². The molecule has 0 radical (unpaired) electrons. The number of carbonyl (C=O) groups excluding carboxylic acids is 1. The molecule has 2 heterocycles. The topological polar surface area (TPSA) is 66.9 Å². The van der Waals surface area contributed by atoms with E-state index in [9.17, 15) is 9.59 Å². The predicted molar refractivity (Wildman–Crippen MR) is 93.0 cm³/mol. The summed E-state index contributed by atoms with van der Waals surface area (Å²) in [7, 11) is 0. The summed E-state index contributed by atoms with van der Waals surface area (Å²) in [5, 5.41) is 4.77. The van der Waals surface area contributed by atoms with Gasteiger partial charge >= 0.3 is 0 Å². The van der Waals surface area contributed by atoms with Crippen molar-refractivity contribution >= 4 is 39.7 Å². The summed E-state index contributed by atoms with van der Waals surface area (Å²) < 4.78 is 2.63. The number of amides is 1. The maximum Gasteiger partial charge on any atom is 0.272 e. The molecule has 1 amide bonds. The Hall–Kier alpha value is -1.47. The first kappa shape index (κ1) is 16.9. The molecule has 0 saturated heterocycles. The van der Waals surface area contributed by atoms with Crippen LogP contribution in [0.4, 0.5) is 0 Å². The zero-order valence-electron chi connectivity index (χ0n) is 12.7. The predicted octanol–water partition coefficient (Wildman–Crippen LogP) is 3.21. The standard InChI is InChI=1S/C15H21N3O2S2/c1-2-3-4-8-16-12(19)6-5-9-18-14(20)13-11(7-10-22-13)17-15(18)21/h7,10H,2-6,8-9H2,1H3,(H,16,19)(H,17,21). The molecular weight excluding hydrogens is 318 g/mol. The summed E-state index contributed by atoms with van der Waals surface area (Å²) in [6, 6.07) is 1.85. The van der Waals surface area contributed by atoms with Crippen LogP contribution in [0.3, 0.4) is 0 Å². The Balaban J connectivity index is 1.88. The molecule has 0 saturated carbocycles. The Kier molecular flexibility index (Phi) is 6.33. The molecule has 0 aliphatic heterocycles. The Morgan fingerprint density at radius 1 is 1.41 bits per heavy atom. The third kappa shape index (κ3) is 4.27. The first-order chi connectivity index (χ1) is 10.6. The van der Waals surface area contributed by atoms with E-state index in [2.05, 4.69) is 17.2 Å². The quantitative estimate of drug-likeness (QED) is 0.573. The fraction of sp³-hybridized carbons (Fsp3) is 0.533. The number of rotatable bonds is 8. The van der Waals surface area contributed by atoms with Crippen LogP contribution < -0.4 is 10.9 Å². The van der Waals surface area contributed by atoms with Crippen LogP contribution in [0.25, 0.3) is 10.2 Å². The van der Waals surface area contributed by atoms with E-state index in [1.165, 1.54) is 11.3 Å². The second kappa shape index (κ2) is 8.24. The van der Waals surface area contributed by atoms with Gasteiger partial charge in [0.25, 0.3) is 5.56 Å². The Labute approximate surface area is 138 Å². The van der Waals surface area contributed by atoms with Crippen LogP contribution >= 0.6 is 23.6 Å². The number of thiophene rings is 1. The van der Waals surface area contributed by atoms with Gasteiger partial charge < -0.3 is 10.3 Å². The van der Waals surface area contributed by atoms with Crippen molar-refractivity contribution in [3.8, 4) is 0 Å². The maximum atomic E-state index is 12.3. The smallest absolute Gasteiger partial charge is 0.272 e. The third-order valence-corrected chi connectivity index (χ3v) is 4.70. The highest BCUT2D eigenvalue weighted by molar-refractivity contribution is 7.71. The second-order valence-corrected chi connectivity index (χ2v) is 6.51. The van der Waals surface area contributed by atoms with Crippen LogP contribution in [0.2, 0.25) is 0 Å². The van der Waals surface area contributed by atoms with Crippen LogP contribution in [0.15, 0.2) is 16.2 Å². The molecule has 22 heavy (non-hydrogen) atoms. The Morgan fingerprint density at radius 3 is 3.00 bits per heavy atom. The monoisotopic (exact) mass is 339 g/mol. The average molecular weight is 339 g/mol. The SMILES string of the molecule is CCCCCNC(=O)CCCn1c(=S)[nH]c2ccsc2c1=O. The minimum Gasteiger partial charge on any atom is -0.356 e. The third-order valence-electron chi connectivity index (χ3n) is 3.48. The normalized spacial score (nSPS) is 11.0. The van der Waals surface area contributed by atoms with Gasteiger partial charge in [-0.15, -0.1) is 11.3 Å². The van der Waals surface area contributed by atoms with E-state index in [4.69, 9.17) is 12.2 Å². The van der Waals surface area contributed by atoms with Crippen molar-refractivity contribution < 1.29 is 4.79 Å². The molecule has 5 nitrogen and oxygen atoms in total. The highest BCUT2D eigenvalue weighted by Gasteiger charge is 2.07. The minimum absolute atomic E-state index is 0.0382. The summed E-state index contributed by atoms with van der Waals surface area (Å²) in [4.78, 5) is 27.1. The van der Waals surface area contributed by atoms with Gasteiger partial charge in [0, 0.05) is 19.5 Å². The van der Waals surface area contributed by atoms with Gasteiger partial charge in [0.15, 0.2) is 4.77 Å². The summed E-state index contributed by atoms with van der Waals surface area (Å²) >= 11 is 6.62. The van der Waals surface area contributed by atoms with Gasteiger partial charge in [0.05, 0.1) is 5.52 Å². The molecule has 0 unspecified atom stereocenters.